The topological polar surface area (TPSA) is 71.4 Å². The number of hydrogen-bond acceptors (Lipinski definition) is 4. The molecular weight excluding hydrogens is 318 g/mol. The summed E-state index contributed by atoms with van der Waals surface area (Å²) in [7, 11) is 1.67. The van der Waals surface area contributed by atoms with Gasteiger partial charge in [-0.1, -0.05) is 11.2 Å². The molecule has 1 N–H and O–H groups in total. The summed E-state index contributed by atoms with van der Waals surface area (Å²) < 4.78 is 10.3. The molecule has 0 saturated heterocycles. The molecule has 0 aliphatic carbocycles. The maximum absolute atomic E-state index is 12.5. The molecule has 1 aliphatic heterocycles. The van der Waals surface area contributed by atoms with Gasteiger partial charge in [0.15, 0.2) is 5.69 Å². The van der Waals surface area contributed by atoms with Crippen LogP contribution in [0.4, 0.5) is 0 Å². The number of aromatic amines is 1. The summed E-state index contributed by atoms with van der Waals surface area (Å²) in [5.74, 6) is 1.39. The van der Waals surface area contributed by atoms with Crippen LogP contribution in [-0.2, 0) is 0 Å². The third-order valence-electron chi connectivity index (χ3n) is 4.58. The number of fused-ring (bicyclic) bond motifs is 1. The van der Waals surface area contributed by atoms with Crippen LogP contribution in [0.5, 0.6) is 5.75 Å². The van der Waals surface area contributed by atoms with Crippen molar-refractivity contribution in [3.63, 3.8) is 0 Å². The lowest BCUT2D eigenvalue weighted by atomic mass is 9.98. The largest absolute Gasteiger partial charge is 0.497 e. The molecular formula is C19H19N3O3. The highest BCUT2D eigenvalue weighted by Crippen LogP contribution is 2.31. The third kappa shape index (κ3) is 2.80. The van der Waals surface area contributed by atoms with Crippen LogP contribution in [-0.4, -0.2) is 41.1 Å². The Balaban J connectivity index is 1.57. The summed E-state index contributed by atoms with van der Waals surface area (Å²) >= 11 is 0. The van der Waals surface area contributed by atoms with Gasteiger partial charge in [-0.15, -0.1) is 0 Å². The van der Waals surface area contributed by atoms with Gasteiger partial charge in [0, 0.05) is 41.8 Å². The Morgan fingerprint density at radius 1 is 1.36 bits per heavy atom. The van der Waals surface area contributed by atoms with Crippen LogP contribution < -0.4 is 4.74 Å². The maximum atomic E-state index is 12.5. The molecule has 3 aromatic rings. The number of methoxy groups -OCH3 is 1. The highest BCUT2D eigenvalue weighted by atomic mass is 16.5. The van der Waals surface area contributed by atoms with E-state index < -0.39 is 0 Å². The van der Waals surface area contributed by atoms with E-state index in [0.717, 1.165) is 23.1 Å². The number of H-pyrrole nitrogens is 1. The van der Waals surface area contributed by atoms with Gasteiger partial charge in [0.2, 0.25) is 0 Å². The van der Waals surface area contributed by atoms with E-state index in [2.05, 4.69) is 16.2 Å². The SMILES string of the molecule is COc1ccc2[nH]cc(C3=CCN(C(=O)c4cc(C)on4)CC3)c2c1. The van der Waals surface area contributed by atoms with Crippen molar-refractivity contribution in [3.8, 4) is 5.75 Å². The summed E-state index contributed by atoms with van der Waals surface area (Å²) in [6.45, 7) is 3.01. The molecule has 6 nitrogen and oxygen atoms in total. The Bertz CT molecular complexity index is 967. The number of nitrogens with zero attached hydrogens (tertiary/aromatic N) is 2. The Morgan fingerprint density at radius 2 is 2.24 bits per heavy atom. The van der Waals surface area contributed by atoms with Gasteiger partial charge in [-0.3, -0.25) is 4.79 Å². The monoisotopic (exact) mass is 337 g/mol. The van der Waals surface area contributed by atoms with Crippen LogP contribution >= 0.6 is 0 Å². The number of ether oxygens (including phenoxy) is 1. The lowest BCUT2D eigenvalue weighted by molar-refractivity contribution is 0.0762. The van der Waals surface area contributed by atoms with Crippen molar-refractivity contribution in [3.05, 3.63) is 53.6 Å². The molecule has 4 rings (SSSR count). The Hall–Kier alpha value is -3.02. The van der Waals surface area contributed by atoms with E-state index in [-0.39, 0.29) is 5.91 Å². The van der Waals surface area contributed by atoms with E-state index >= 15 is 0 Å². The van der Waals surface area contributed by atoms with Crippen LogP contribution in [0.1, 0.15) is 28.2 Å². The number of nitrogens with one attached hydrogen (secondary N) is 1. The highest BCUT2D eigenvalue weighted by Gasteiger charge is 2.22. The average Bonchev–Trinajstić information content (AvgIpc) is 3.27. The molecule has 128 valence electrons. The normalized spacial score (nSPS) is 14.6. The molecule has 0 fully saturated rings. The zero-order valence-electron chi connectivity index (χ0n) is 14.2. The molecule has 1 aromatic carbocycles. The van der Waals surface area contributed by atoms with E-state index in [1.165, 1.54) is 11.1 Å². The fourth-order valence-corrected chi connectivity index (χ4v) is 3.22. The minimum Gasteiger partial charge on any atom is -0.497 e. The van der Waals surface area contributed by atoms with Crippen molar-refractivity contribution < 1.29 is 14.1 Å². The molecule has 2 aromatic heterocycles. The minimum absolute atomic E-state index is 0.0901. The zero-order valence-corrected chi connectivity index (χ0v) is 14.2. The lowest BCUT2D eigenvalue weighted by Gasteiger charge is -2.25. The van der Waals surface area contributed by atoms with E-state index in [1.54, 1.807) is 25.0 Å². The minimum atomic E-state index is -0.0901. The van der Waals surface area contributed by atoms with Crippen molar-refractivity contribution in [2.24, 2.45) is 0 Å². The van der Waals surface area contributed by atoms with Gasteiger partial charge in [0.25, 0.3) is 5.91 Å². The molecule has 0 radical (unpaired) electrons. The van der Waals surface area contributed by atoms with Gasteiger partial charge in [-0.05, 0) is 37.1 Å². The van der Waals surface area contributed by atoms with E-state index in [9.17, 15) is 4.79 Å². The number of hydrogen-bond donors (Lipinski definition) is 1. The van der Waals surface area contributed by atoms with Crippen LogP contribution in [0, 0.1) is 6.92 Å². The van der Waals surface area contributed by atoms with Crippen molar-refractivity contribution in [2.75, 3.05) is 20.2 Å². The van der Waals surface area contributed by atoms with E-state index in [1.807, 2.05) is 24.4 Å². The molecule has 0 saturated carbocycles. The molecule has 0 atom stereocenters. The Morgan fingerprint density at radius 3 is 2.92 bits per heavy atom. The molecule has 3 heterocycles. The first-order valence-corrected chi connectivity index (χ1v) is 8.23. The fraction of sp³-hybridized carbons (Fsp3) is 0.263. The van der Waals surface area contributed by atoms with Gasteiger partial charge in [-0.2, -0.15) is 0 Å². The molecule has 1 aliphatic rings. The number of carbonyl (C=O) groups excluding carboxylic acids is 1. The summed E-state index contributed by atoms with van der Waals surface area (Å²) in [6.07, 6.45) is 4.93. The average molecular weight is 337 g/mol. The predicted molar refractivity (Wildman–Crippen MR) is 94.6 cm³/mol. The molecule has 25 heavy (non-hydrogen) atoms. The number of aryl methyl sites for hydroxylation is 1. The first kappa shape index (κ1) is 15.5. The van der Waals surface area contributed by atoms with Crippen molar-refractivity contribution in [2.45, 2.75) is 13.3 Å². The number of carbonyl (C=O) groups is 1. The van der Waals surface area contributed by atoms with Crippen molar-refractivity contribution in [1.29, 1.82) is 0 Å². The summed E-state index contributed by atoms with van der Waals surface area (Å²) in [4.78, 5) is 17.5. The first-order chi connectivity index (χ1) is 12.2. The van der Waals surface area contributed by atoms with Crippen LogP contribution in [0.25, 0.3) is 16.5 Å². The second-order valence-corrected chi connectivity index (χ2v) is 6.17. The maximum Gasteiger partial charge on any atom is 0.276 e. The standard InChI is InChI=1S/C19H19N3O3/c1-12-9-18(21-25-12)19(23)22-7-5-13(6-8-22)16-11-20-17-4-3-14(24-2)10-15(16)17/h3-5,9-11,20H,6-8H2,1-2H3. The lowest BCUT2D eigenvalue weighted by Crippen LogP contribution is -2.34. The van der Waals surface area contributed by atoms with Crippen LogP contribution in [0.3, 0.4) is 0 Å². The van der Waals surface area contributed by atoms with Crippen molar-refractivity contribution in [1.82, 2.24) is 15.0 Å². The van der Waals surface area contributed by atoms with Gasteiger partial charge >= 0.3 is 0 Å². The third-order valence-corrected chi connectivity index (χ3v) is 4.58. The number of benzene rings is 1. The summed E-state index contributed by atoms with van der Waals surface area (Å²) in [5.41, 5.74) is 3.85. The molecule has 0 unspecified atom stereocenters. The van der Waals surface area contributed by atoms with E-state index in [4.69, 9.17) is 9.26 Å². The number of aromatic nitrogens is 2. The molecule has 1 amide bonds. The predicted octanol–water partition coefficient (Wildman–Crippen LogP) is 3.40. The van der Waals surface area contributed by atoms with Gasteiger partial charge in [-0.25, -0.2) is 0 Å². The summed E-state index contributed by atoms with van der Waals surface area (Å²) in [6, 6.07) is 7.67. The number of amides is 1. The fourth-order valence-electron chi connectivity index (χ4n) is 3.22. The molecule has 0 spiro atoms. The van der Waals surface area contributed by atoms with Crippen molar-refractivity contribution >= 4 is 22.4 Å². The highest BCUT2D eigenvalue weighted by molar-refractivity contribution is 5.95. The summed E-state index contributed by atoms with van der Waals surface area (Å²) in [5, 5.41) is 4.95. The van der Waals surface area contributed by atoms with Gasteiger partial charge in [0.05, 0.1) is 7.11 Å². The second kappa shape index (κ2) is 6.12. The van der Waals surface area contributed by atoms with Gasteiger partial charge in [0.1, 0.15) is 11.5 Å². The number of rotatable bonds is 3. The second-order valence-electron chi connectivity index (χ2n) is 6.17. The molecule has 0 bridgehead atoms. The first-order valence-electron chi connectivity index (χ1n) is 8.23. The van der Waals surface area contributed by atoms with E-state index in [0.29, 0.717) is 24.5 Å². The molecule has 6 heteroatoms. The zero-order chi connectivity index (χ0) is 17.4. The van der Waals surface area contributed by atoms with Crippen LogP contribution in [0.15, 0.2) is 41.1 Å². The Labute approximate surface area is 145 Å². The van der Waals surface area contributed by atoms with Gasteiger partial charge < -0.3 is 19.1 Å². The quantitative estimate of drug-likeness (QED) is 0.795. The Kier molecular flexibility index (Phi) is 3.80. The van der Waals surface area contributed by atoms with Crippen LogP contribution in [0.2, 0.25) is 0 Å². The smallest absolute Gasteiger partial charge is 0.276 e.